The van der Waals surface area contributed by atoms with E-state index in [1.165, 1.54) is 22.2 Å². The fourth-order valence-corrected chi connectivity index (χ4v) is 3.19. The average molecular weight is 316 g/mol. The van der Waals surface area contributed by atoms with Gasteiger partial charge in [0.1, 0.15) is 0 Å². The van der Waals surface area contributed by atoms with Crippen molar-refractivity contribution in [3.8, 4) is 0 Å². The van der Waals surface area contributed by atoms with E-state index in [4.69, 9.17) is 0 Å². The van der Waals surface area contributed by atoms with E-state index >= 15 is 0 Å². The summed E-state index contributed by atoms with van der Waals surface area (Å²) in [4.78, 5) is 0. The molecule has 2 nitrogen and oxygen atoms in total. The minimum atomic E-state index is -0.279. The molecule has 1 N–H and O–H groups in total. The molecule has 0 amide bonds. The van der Waals surface area contributed by atoms with Crippen molar-refractivity contribution in [1.82, 2.24) is 4.57 Å². The molecule has 2 heteroatoms. The lowest BCUT2D eigenvalue weighted by Crippen LogP contribution is -2.23. The Hall–Kier alpha value is -1.28. The second kappa shape index (κ2) is 6.32. The molecule has 0 aliphatic carbocycles. The Kier molecular flexibility index (Phi) is 4.96. The van der Waals surface area contributed by atoms with Gasteiger partial charge in [-0.3, -0.25) is 0 Å². The van der Waals surface area contributed by atoms with Gasteiger partial charge in [0.25, 0.3) is 0 Å². The summed E-state index contributed by atoms with van der Waals surface area (Å²) in [6, 6.07) is 9.08. The largest absolute Gasteiger partial charge is 0.391 e. The van der Waals surface area contributed by atoms with E-state index in [2.05, 4.69) is 77.3 Å². The standard InChI is InChI=1S/C21H33NO/c1-8-9-17(23)14-22-18-11-10-16(20(2,3)4)12-15(18)13-19(22)21(5,6)7/h10-13,17,23H,8-9,14H2,1-7H3. The van der Waals surface area contributed by atoms with E-state index in [0.717, 1.165) is 12.8 Å². The van der Waals surface area contributed by atoms with Crippen LogP contribution in [0.5, 0.6) is 0 Å². The number of benzene rings is 1. The van der Waals surface area contributed by atoms with E-state index in [1.54, 1.807) is 0 Å². The monoisotopic (exact) mass is 315 g/mol. The van der Waals surface area contributed by atoms with Crippen LogP contribution in [0.4, 0.5) is 0 Å². The first-order chi connectivity index (χ1) is 10.5. The van der Waals surface area contributed by atoms with Gasteiger partial charge in [-0.2, -0.15) is 0 Å². The van der Waals surface area contributed by atoms with Crippen LogP contribution in [-0.4, -0.2) is 15.8 Å². The fraction of sp³-hybridized carbons (Fsp3) is 0.619. The number of rotatable bonds is 4. The highest BCUT2D eigenvalue weighted by Gasteiger charge is 2.23. The Bertz CT molecular complexity index is 667. The lowest BCUT2D eigenvalue weighted by atomic mass is 9.86. The van der Waals surface area contributed by atoms with Gasteiger partial charge in [0, 0.05) is 28.6 Å². The molecular weight excluding hydrogens is 282 g/mol. The van der Waals surface area contributed by atoms with Crippen LogP contribution in [0.15, 0.2) is 24.3 Å². The highest BCUT2D eigenvalue weighted by Crippen LogP contribution is 2.33. The molecule has 0 aliphatic rings. The quantitative estimate of drug-likeness (QED) is 0.803. The minimum absolute atomic E-state index is 0.0624. The van der Waals surface area contributed by atoms with Crippen molar-refractivity contribution in [2.24, 2.45) is 0 Å². The molecule has 2 aromatic rings. The van der Waals surface area contributed by atoms with Crippen LogP contribution in [0, 0.1) is 0 Å². The third-order valence-electron chi connectivity index (χ3n) is 4.55. The molecule has 0 saturated carbocycles. The van der Waals surface area contributed by atoms with Crippen LogP contribution in [0.2, 0.25) is 0 Å². The van der Waals surface area contributed by atoms with Gasteiger partial charge in [-0.1, -0.05) is 61.0 Å². The van der Waals surface area contributed by atoms with Crippen LogP contribution in [0.3, 0.4) is 0 Å². The SMILES string of the molecule is CCCC(O)Cn1c(C(C)(C)C)cc2cc(C(C)(C)C)ccc21. The maximum atomic E-state index is 10.3. The molecule has 2 rings (SSSR count). The number of hydrogen-bond acceptors (Lipinski definition) is 1. The molecule has 23 heavy (non-hydrogen) atoms. The van der Waals surface area contributed by atoms with Gasteiger partial charge in [0.05, 0.1) is 6.10 Å². The predicted octanol–water partition coefficient (Wildman–Crippen LogP) is 5.40. The van der Waals surface area contributed by atoms with Gasteiger partial charge in [-0.05, 0) is 35.6 Å². The van der Waals surface area contributed by atoms with Crippen molar-refractivity contribution < 1.29 is 5.11 Å². The Balaban J connectivity index is 2.57. The van der Waals surface area contributed by atoms with Gasteiger partial charge in [0.2, 0.25) is 0 Å². The van der Waals surface area contributed by atoms with E-state index in [-0.39, 0.29) is 16.9 Å². The first kappa shape index (κ1) is 18.1. The number of aliphatic hydroxyl groups is 1. The summed E-state index contributed by atoms with van der Waals surface area (Å²) in [5.74, 6) is 0. The summed E-state index contributed by atoms with van der Waals surface area (Å²) in [7, 11) is 0. The van der Waals surface area contributed by atoms with Crippen molar-refractivity contribution in [3.63, 3.8) is 0 Å². The Labute approximate surface area is 141 Å². The topological polar surface area (TPSA) is 25.2 Å². The molecule has 0 fully saturated rings. The molecule has 0 radical (unpaired) electrons. The lowest BCUT2D eigenvalue weighted by Gasteiger charge is -2.24. The van der Waals surface area contributed by atoms with Crippen molar-refractivity contribution in [2.75, 3.05) is 0 Å². The van der Waals surface area contributed by atoms with Gasteiger partial charge in [0.15, 0.2) is 0 Å². The number of aromatic nitrogens is 1. The van der Waals surface area contributed by atoms with Crippen molar-refractivity contribution in [1.29, 1.82) is 0 Å². The number of fused-ring (bicyclic) bond motifs is 1. The van der Waals surface area contributed by atoms with Gasteiger partial charge in [-0.15, -0.1) is 0 Å². The summed E-state index contributed by atoms with van der Waals surface area (Å²) >= 11 is 0. The third kappa shape index (κ3) is 3.98. The average Bonchev–Trinajstić information content (AvgIpc) is 2.76. The zero-order valence-corrected chi connectivity index (χ0v) is 15.9. The molecule has 128 valence electrons. The van der Waals surface area contributed by atoms with Gasteiger partial charge < -0.3 is 9.67 Å². The molecule has 0 bridgehead atoms. The molecular formula is C21H33NO. The maximum absolute atomic E-state index is 10.3. The van der Waals surface area contributed by atoms with E-state index < -0.39 is 0 Å². The van der Waals surface area contributed by atoms with E-state index in [1.807, 2.05) is 0 Å². The lowest BCUT2D eigenvalue weighted by molar-refractivity contribution is 0.143. The van der Waals surface area contributed by atoms with E-state index in [0.29, 0.717) is 6.54 Å². The Morgan fingerprint density at radius 1 is 1.00 bits per heavy atom. The van der Waals surface area contributed by atoms with Crippen molar-refractivity contribution in [3.05, 3.63) is 35.5 Å². The number of aliphatic hydroxyl groups excluding tert-OH is 1. The zero-order chi connectivity index (χ0) is 17.4. The molecule has 1 atom stereocenters. The van der Waals surface area contributed by atoms with Gasteiger partial charge in [-0.25, -0.2) is 0 Å². The Morgan fingerprint density at radius 2 is 1.65 bits per heavy atom. The van der Waals surface area contributed by atoms with Crippen LogP contribution in [0.25, 0.3) is 10.9 Å². The molecule has 1 heterocycles. The number of nitrogens with zero attached hydrogens (tertiary/aromatic N) is 1. The Morgan fingerprint density at radius 3 is 2.17 bits per heavy atom. The zero-order valence-electron chi connectivity index (χ0n) is 15.9. The van der Waals surface area contributed by atoms with Crippen LogP contribution in [-0.2, 0) is 17.4 Å². The predicted molar refractivity (Wildman–Crippen MR) is 100 cm³/mol. The second-order valence-corrected chi connectivity index (χ2v) is 8.86. The highest BCUT2D eigenvalue weighted by atomic mass is 16.3. The summed E-state index contributed by atoms with van der Waals surface area (Å²) in [5, 5.41) is 11.6. The minimum Gasteiger partial charge on any atom is -0.391 e. The van der Waals surface area contributed by atoms with Crippen LogP contribution >= 0.6 is 0 Å². The number of hydrogen-bond donors (Lipinski definition) is 1. The first-order valence-electron chi connectivity index (χ1n) is 8.86. The molecule has 1 aromatic carbocycles. The molecule has 0 aliphatic heterocycles. The summed E-state index contributed by atoms with van der Waals surface area (Å²) in [5.41, 5.74) is 4.11. The smallest absolute Gasteiger partial charge is 0.0719 e. The van der Waals surface area contributed by atoms with Crippen molar-refractivity contribution >= 4 is 10.9 Å². The first-order valence-corrected chi connectivity index (χ1v) is 8.86. The molecule has 1 aromatic heterocycles. The van der Waals surface area contributed by atoms with Gasteiger partial charge >= 0.3 is 0 Å². The normalized spacial score (nSPS) is 14.4. The summed E-state index contributed by atoms with van der Waals surface area (Å²) < 4.78 is 2.32. The van der Waals surface area contributed by atoms with Crippen LogP contribution < -0.4 is 0 Å². The summed E-state index contributed by atoms with van der Waals surface area (Å²) in [6.45, 7) is 16.3. The third-order valence-corrected chi connectivity index (χ3v) is 4.55. The summed E-state index contributed by atoms with van der Waals surface area (Å²) in [6.07, 6.45) is 1.59. The fourth-order valence-electron chi connectivity index (χ4n) is 3.19. The van der Waals surface area contributed by atoms with E-state index in [9.17, 15) is 5.11 Å². The maximum Gasteiger partial charge on any atom is 0.0719 e. The second-order valence-electron chi connectivity index (χ2n) is 8.86. The highest BCUT2D eigenvalue weighted by molar-refractivity contribution is 5.82. The molecule has 0 saturated heterocycles. The van der Waals surface area contributed by atoms with Crippen molar-refractivity contribution in [2.45, 2.75) is 84.8 Å². The molecule has 1 unspecified atom stereocenters. The molecule has 0 spiro atoms. The van der Waals surface area contributed by atoms with Crippen LogP contribution in [0.1, 0.15) is 72.6 Å².